The third-order valence-electron chi connectivity index (χ3n) is 3.18. The fourth-order valence-electron chi connectivity index (χ4n) is 1.98. The van der Waals surface area contributed by atoms with Crippen LogP contribution in [-0.2, 0) is 9.53 Å². The lowest BCUT2D eigenvalue weighted by molar-refractivity contribution is -0.122. The van der Waals surface area contributed by atoms with Crippen molar-refractivity contribution in [1.82, 2.24) is 0 Å². The van der Waals surface area contributed by atoms with Crippen molar-refractivity contribution in [2.75, 3.05) is 11.9 Å². The van der Waals surface area contributed by atoms with E-state index in [9.17, 15) is 9.59 Å². The quantitative estimate of drug-likeness (QED) is 0.804. The lowest BCUT2D eigenvalue weighted by Crippen LogP contribution is -2.30. The van der Waals surface area contributed by atoms with Crippen molar-refractivity contribution in [3.63, 3.8) is 0 Å². The van der Waals surface area contributed by atoms with E-state index < -0.39 is 12.1 Å². The molecule has 0 aliphatic carbocycles. The number of hydrogen-bond acceptors (Lipinski definition) is 4. The minimum Gasteiger partial charge on any atom is -0.481 e. The van der Waals surface area contributed by atoms with E-state index in [-0.39, 0.29) is 12.5 Å². The standard InChI is InChI=1S/C18H18ClNO4/c1-3-23-18(22)15-6-4-5-7-16(15)20-17(21)12(2)24-14-10-8-13(19)9-11-14/h4-12H,3H2,1-2H3,(H,20,21)/t12-/m0/s1. The SMILES string of the molecule is CCOC(=O)c1ccccc1NC(=O)[C@H](C)Oc1ccc(Cl)cc1. The second-order valence-corrected chi connectivity index (χ2v) is 5.41. The van der Waals surface area contributed by atoms with Crippen LogP contribution in [0, 0.1) is 0 Å². The molecule has 1 amide bonds. The van der Waals surface area contributed by atoms with Gasteiger partial charge in [0.2, 0.25) is 0 Å². The van der Waals surface area contributed by atoms with Crippen LogP contribution in [0.5, 0.6) is 5.75 Å². The summed E-state index contributed by atoms with van der Waals surface area (Å²) in [5.74, 6) is -0.331. The lowest BCUT2D eigenvalue weighted by atomic mass is 10.1. The summed E-state index contributed by atoms with van der Waals surface area (Å²) >= 11 is 5.81. The second kappa shape index (κ2) is 8.36. The van der Waals surface area contributed by atoms with Gasteiger partial charge in [-0.3, -0.25) is 4.79 Å². The van der Waals surface area contributed by atoms with Gasteiger partial charge in [0.05, 0.1) is 17.9 Å². The van der Waals surface area contributed by atoms with E-state index in [4.69, 9.17) is 21.1 Å². The summed E-state index contributed by atoms with van der Waals surface area (Å²) in [6.07, 6.45) is -0.749. The van der Waals surface area contributed by atoms with Gasteiger partial charge in [-0.25, -0.2) is 4.79 Å². The van der Waals surface area contributed by atoms with Crippen molar-refractivity contribution in [2.45, 2.75) is 20.0 Å². The highest BCUT2D eigenvalue weighted by Gasteiger charge is 2.18. The summed E-state index contributed by atoms with van der Waals surface area (Å²) in [5.41, 5.74) is 0.680. The number of nitrogens with one attached hydrogen (secondary N) is 1. The number of carbonyl (C=O) groups is 2. The van der Waals surface area contributed by atoms with Crippen molar-refractivity contribution in [1.29, 1.82) is 0 Å². The number of amides is 1. The molecule has 0 fully saturated rings. The predicted octanol–water partition coefficient (Wildman–Crippen LogP) is 3.92. The van der Waals surface area contributed by atoms with Crippen molar-refractivity contribution >= 4 is 29.2 Å². The van der Waals surface area contributed by atoms with Crippen molar-refractivity contribution < 1.29 is 19.1 Å². The van der Waals surface area contributed by atoms with Gasteiger partial charge in [0, 0.05) is 5.02 Å². The largest absolute Gasteiger partial charge is 0.481 e. The molecule has 0 saturated heterocycles. The number of rotatable bonds is 6. The van der Waals surface area contributed by atoms with E-state index >= 15 is 0 Å². The first-order valence-electron chi connectivity index (χ1n) is 7.50. The minimum atomic E-state index is -0.749. The van der Waals surface area contributed by atoms with Crippen LogP contribution in [0.25, 0.3) is 0 Å². The number of carbonyl (C=O) groups excluding carboxylic acids is 2. The Bertz CT molecular complexity index is 715. The molecule has 0 heterocycles. The van der Waals surface area contributed by atoms with Gasteiger partial charge in [-0.15, -0.1) is 0 Å². The monoisotopic (exact) mass is 347 g/mol. The predicted molar refractivity (Wildman–Crippen MR) is 92.6 cm³/mol. The average Bonchev–Trinajstić information content (AvgIpc) is 2.57. The molecule has 0 aromatic heterocycles. The summed E-state index contributed by atoms with van der Waals surface area (Å²) < 4.78 is 10.5. The molecule has 1 N–H and O–H groups in total. The summed E-state index contributed by atoms with van der Waals surface area (Å²) in [4.78, 5) is 24.2. The molecule has 1 atom stereocenters. The Kier molecular flexibility index (Phi) is 6.21. The highest BCUT2D eigenvalue weighted by Crippen LogP contribution is 2.19. The summed E-state index contributed by atoms with van der Waals surface area (Å²) in [5, 5.41) is 3.28. The fraction of sp³-hybridized carbons (Fsp3) is 0.222. The van der Waals surface area contributed by atoms with Crippen LogP contribution < -0.4 is 10.1 Å². The number of hydrogen-bond donors (Lipinski definition) is 1. The summed E-state index contributed by atoms with van der Waals surface area (Å²) in [6.45, 7) is 3.61. The van der Waals surface area contributed by atoms with Gasteiger partial charge in [0.15, 0.2) is 6.10 Å². The maximum Gasteiger partial charge on any atom is 0.340 e. The Morgan fingerprint density at radius 1 is 1.12 bits per heavy atom. The van der Waals surface area contributed by atoms with Crippen molar-refractivity contribution in [2.24, 2.45) is 0 Å². The highest BCUT2D eigenvalue weighted by atomic mass is 35.5. The summed E-state index contributed by atoms with van der Waals surface area (Å²) in [6, 6.07) is 13.4. The fourth-order valence-corrected chi connectivity index (χ4v) is 2.11. The third-order valence-corrected chi connectivity index (χ3v) is 3.43. The normalized spacial score (nSPS) is 11.5. The Balaban J connectivity index is 2.06. The van der Waals surface area contributed by atoms with Gasteiger partial charge in [-0.1, -0.05) is 23.7 Å². The molecule has 24 heavy (non-hydrogen) atoms. The molecule has 0 unspecified atom stereocenters. The molecule has 2 rings (SSSR count). The molecular formula is C18H18ClNO4. The van der Waals surface area contributed by atoms with E-state index in [1.165, 1.54) is 0 Å². The van der Waals surface area contributed by atoms with Crippen LogP contribution in [-0.4, -0.2) is 24.6 Å². The first-order valence-corrected chi connectivity index (χ1v) is 7.88. The molecule has 0 bridgehead atoms. The maximum atomic E-state index is 12.3. The van der Waals surface area contributed by atoms with Crippen LogP contribution in [0.3, 0.4) is 0 Å². The van der Waals surface area contributed by atoms with Gasteiger partial charge in [-0.05, 0) is 50.2 Å². The van der Waals surface area contributed by atoms with Gasteiger partial charge in [0.25, 0.3) is 5.91 Å². The van der Waals surface area contributed by atoms with Crippen LogP contribution in [0.15, 0.2) is 48.5 Å². The highest BCUT2D eigenvalue weighted by molar-refractivity contribution is 6.30. The molecule has 0 saturated carbocycles. The van der Waals surface area contributed by atoms with E-state index in [2.05, 4.69) is 5.32 Å². The Morgan fingerprint density at radius 2 is 1.79 bits per heavy atom. The van der Waals surface area contributed by atoms with Crippen LogP contribution in [0.4, 0.5) is 5.69 Å². The second-order valence-electron chi connectivity index (χ2n) is 4.97. The Hall–Kier alpha value is -2.53. The number of halogens is 1. The summed E-state index contributed by atoms with van der Waals surface area (Å²) in [7, 11) is 0. The smallest absolute Gasteiger partial charge is 0.340 e. The molecule has 0 aliphatic rings. The topological polar surface area (TPSA) is 64.6 Å². The van der Waals surface area contributed by atoms with Gasteiger partial charge < -0.3 is 14.8 Å². The number of benzene rings is 2. The van der Waals surface area contributed by atoms with Gasteiger partial charge in [-0.2, -0.15) is 0 Å². The molecule has 0 radical (unpaired) electrons. The number of esters is 1. The molecule has 2 aromatic rings. The van der Waals surface area contributed by atoms with E-state index in [0.717, 1.165) is 0 Å². The van der Waals surface area contributed by atoms with E-state index in [0.29, 0.717) is 22.0 Å². The van der Waals surface area contributed by atoms with Gasteiger partial charge >= 0.3 is 5.97 Å². The first kappa shape index (κ1) is 17.8. The van der Waals surface area contributed by atoms with E-state index in [1.807, 2.05) is 0 Å². The average molecular weight is 348 g/mol. The van der Waals surface area contributed by atoms with E-state index in [1.54, 1.807) is 62.4 Å². The van der Waals surface area contributed by atoms with Crippen LogP contribution >= 0.6 is 11.6 Å². The minimum absolute atomic E-state index is 0.261. The first-order chi connectivity index (χ1) is 11.5. The number of ether oxygens (including phenoxy) is 2. The molecule has 126 valence electrons. The lowest BCUT2D eigenvalue weighted by Gasteiger charge is -2.16. The zero-order chi connectivity index (χ0) is 17.5. The van der Waals surface area contributed by atoms with Crippen molar-refractivity contribution in [3.8, 4) is 5.75 Å². The molecule has 0 spiro atoms. The number of anilines is 1. The van der Waals surface area contributed by atoms with Crippen LogP contribution in [0.2, 0.25) is 5.02 Å². The molecule has 6 heteroatoms. The third kappa shape index (κ3) is 4.73. The van der Waals surface area contributed by atoms with Crippen LogP contribution in [0.1, 0.15) is 24.2 Å². The zero-order valence-electron chi connectivity index (χ0n) is 13.4. The molecule has 5 nitrogen and oxygen atoms in total. The molecular weight excluding hydrogens is 330 g/mol. The maximum absolute atomic E-state index is 12.3. The molecule has 0 aliphatic heterocycles. The Labute approximate surface area is 145 Å². The Morgan fingerprint density at radius 3 is 2.46 bits per heavy atom. The van der Waals surface area contributed by atoms with Gasteiger partial charge in [0.1, 0.15) is 5.75 Å². The molecule has 2 aromatic carbocycles. The number of para-hydroxylation sites is 1. The zero-order valence-corrected chi connectivity index (χ0v) is 14.2. The van der Waals surface area contributed by atoms with Crippen molar-refractivity contribution in [3.05, 3.63) is 59.1 Å².